The SMILES string of the molecule is CC(=O)/C=C\n1cnc(-c2cc(C)cc(C(F)(F)F)c2)n1. The van der Waals surface area contributed by atoms with Crippen molar-refractivity contribution in [2.24, 2.45) is 0 Å². The molecule has 0 bridgehead atoms. The molecule has 0 spiro atoms. The monoisotopic (exact) mass is 295 g/mol. The number of ketones is 1. The molecule has 2 rings (SSSR count). The van der Waals surface area contributed by atoms with Crippen LogP contribution in [0.3, 0.4) is 0 Å². The third-order valence-electron chi connectivity index (χ3n) is 2.63. The molecule has 0 saturated carbocycles. The van der Waals surface area contributed by atoms with E-state index in [9.17, 15) is 18.0 Å². The van der Waals surface area contributed by atoms with E-state index in [1.165, 1.54) is 30.2 Å². The highest BCUT2D eigenvalue weighted by atomic mass is 19.4. The number of allylic oxidation sites excluding steroid dienone is 1. The minimum Gasteiger partial charge on any atom is -0.295 e. The molecule has 0 fully saturated rings. The highest BCUT2D eigenvalue weighted by Gasteiger charge is 2.31. The van der Waals surface area contributed by atoms with Crippen LogP contribution < -0.4 is 0 Å². The maximum Gasteiger partial charge on any atom is 0.416 e. The van der Waals surface area contributed by atoms with Gasteiger partial charge in [-0.15, -0.1) is 5.10 Å². The molecular weight excluding hydrogens is 283 g/mol. The molecule has 1 heterocycles. The van der Waals surface area contributed by atoms with E-state index in [0.29, 0.717) is 5.56 Å². The van der Waals surface area contributed by atoms with Gasteiger partial charge < -0.3 is 0 Å². The zero-order valence-electron chi connectivity index (χ0n) is 11.3. The van der Waals surface area contributed by atoms with Gasteiger partial charge in [-0.3, -0.25) is 4.79 Å². The summed E-state index contributed by atoms with van der Waals surface area (Å²) in [5.41, 5.74) is 0.000816. The lowest BCUT2D eigenvalue weighted by molar-refractivity contribution is -0.137. The molecule has 0 atom stereocenters. The van der Waals surface area contributed by atoms with Crippen LogP contribution in [0.25, 0.3) is 17.6 Å². The molecule has 4 nitrogen and oxygen atoms in total. The van der Waals surface area contributed by atoms with Gasteiger partial charge >= 0.3 is 6.18 Å². The van der Waals surface area contributed by atoms with Crippen molar-refractivity contribution in [3.8, 4) is 11.4 Å². The van der Waals surface area contributed by atoms with Crippen LogP contribution in [0.4, 0.5) is 13.2 Å². The van der Waals surface area contributed by atoms with Gasteiger partial charge in [0.15, 0.2) is 11.6 Å². The van der Waals surface area contributed by atoms with E-state index in [2.05, 4.69) is 10.1 Å². The predicted molar refractivity (Wildman–Crippen MR) is 71.2 cm³/mol. The number of halogens is 3. The van der Waals surface area contributed by atoms with Crippen molar-refractivity contribution in [1.29, 1.82) is 0 Å². The Bertz CT molecular complexity index is 702. The minimum absolute atomic E-state index is 0.164. The third kappa shape index (κ3) is 3.77. The zero-order valence-corrected chi connectivity index (χ0v) is 11.3. The molecule has 1 aromatic carbocycles. The highest BCUT2D eigenvalue weighted by molar-refractivity contribution is 5.89. The summed E-state index contributed by atoms with van der Waals surface area (Å²) in [5.74, 6) is -0.000588. The van der Waals surface area contributed by atoms with Crippen molar-refractivity contribution < 1.29 is 18.0 Å². The number of aryl methyl sites for hydroxylation is 1. The number of aromatic nitrogens is 3. The maximum atomic E-state index is 12.8. The number of hydrogen-bond donors (Lipinski definition) is 0. The highest BCUT2D eigenvalue weighted by Crippen LogP contribution is 2.32. The van der Waals surface area contributed by atoms with Crippen molar-refractivity contribution in [2.45, 2.75) is 20.0 Å². The molecule has 0 saturated heterocycles. The van der Waals surface area contributed by atoms with Gasteiger partial charge in [0, 0.05) is 11.8 Å². The van der Waals surface area contributed by atoms with Gasteiger partial charge in [0.2, 0.25) is 0 Å². The fraction of sp³-hybridized carbons (Fsp3) is 0.214. The second-order valence-corrected chi connectivity index (χ2v) is 4.56. The van der Waals surface area contributed by atoms with Gasteiger partial charge in [-0.2, -0.15) is 13.2 Å². The van der Waals surface area contributed by atoms with E-state index in [4.69, 9.17) is 0 Å². The summed E-state index contributed by atoms with van der Waals surface area (Å²) < 4.78 is 39.6. The van der Waals surface area contributed by atoms with E-state index in [-0.39, 0.29) is 17.2 Å². The molecule has 0 amide bonds. The quantitative estimate of drug-likeness (QED) is 0.816. The Kier molecular flexibility index (Phi) is 3.93. The lowest BCUT2D eigenvalue weighted by Gasteiger charge is -2.09. The minimum atomic E-state index is -4.42. The topological polar surface area (TPSA) is 47.8 Å². The fourth-order valence-corrected chi connectivity index (χ4v) is 1.74. The van der Waals surface area contributed by atoms with Crippen molar-refractivity contribution in [1.82, 2.24) is 14.8 Å². The summed E-state index contributed by atoms with van der Waals surface area (Å²) in [5, 5.41) is 4.02. The summed E-state index contributed by atoms with van der Waals surface area (Å²) >= 11 is 0. The summed E-state index contributed by atoms with van der Waals surface area (Å²) in [6.07, 6.45) is -0.419. The van der Waals surface area contributed by atoms with Crippen molar-refractivity contribution in [3.63, 3.8) is 0 Å². The molecule has 0 aliphatic heterocycles. The summed E-state index contributed by atoms with van der Waals surface area (Å²) in [4.78, 5) is 14.8. The average Bonchev–Trinajstić information content (AvgIpc) is 2.83. The molecule has 0 unspecified atom stereocenters. The second kappa shape index (κ2) is 5.51. The van der Waals surface area contributed by atoms with Crippen LogP contribution in [0.2, 0.25) is 0 Å². The van der Waals surface area contributed by atoms with Crippen molar-refractivity contribution in [3.05, 3.63) is 41.7 Å². The standard InChI is InChI=1S/C14H12F3N3O/c1-9-5-11(7-12(6-9)14(15,16)17)13-18-8-20(19-13)4-3-10(2)21/h3-8H,1-2H3/b4-3-. The largest absolute Gasteiger partial charge is 0.416 e. The molecule has 0 aliphatic carbocycles. The second-order valence-electron chi connectivity index (χ2n) is 4.56. The van der Waals surface area contributed by atoms with E-state index < -0.39 is 11.7 Å². The average molecular weight is 295 g/mol. The first kappa shape index (κ1) is 15.0. The summed E-state index contributed by atoms with van der Waals surface area (Å²) in [6, 6.07) is 3.64. The van der Waals surface area contributed by atoms with Crippen LogP contribution in [0.15, 0.2) is 30.6 Å². The molecule has 2 aromatic rings. The zero-order chi connectivity index (χ0) is 15.6. The van der Waals surface area contributed by atoms with Crippen molar-refractivity contribution >= 4 is 12.0 Å². The Morgan fingerprint density at radius 3 is 2.62 bits per heavy atom. The number of carbonyl (C=O) groups is 1. The number of hydrogen-bond acceptors (Lipinski definition) is 3. The maximum absolute atomic E-state index is 12.8. The first-order valence-corrected chi connectivity index (χ1v) is 6.05. The van der Waals surface area contributed by atoms with E-state index in [1.54, 1.807) is 13.0 Å². The Balaban J connectivity index is 2.39. The van der Waals surface area contributed by atoms with E-state index >= 15 is 0 Å². The van der Waals surface area contributed by atoms with Gasteiger partial charge in [0.25, 0.3) is 0 Å². The van der Waals surface area contributed by atoms with Crippen LogP contribution in [0.5, 0.6) is 0 Å². The number of rotatable bonds is 3. The molecular formula is C14H12F3N3O. The molecule has 21 heavy (non-hydrogen) atoms. The van der Waals surface area contributed by atoms with Gasteiger partial charge in [-0.05, 0) is 43.7 Å². The summed E-state index contributed by atoms with van der Waals surface area (Å²) in [7, 11) is 0. The normalized spacial score (nSPS) is 12.0. The first-order chi connectivity index (χ1) is 9.75. The number of carbonyl (C=O) groups excluding carboxylic acids is 1. The predicted octanol–water partition coefficient (Wildman–Crippen LogP) is 3.33. The van der Waals surface area contributed by atoms with Crippen LogP contribution >= 0.6 is 0 Å². The Morgan fingerprint density at radius 2 is 2.00 bits per heavy atom. The first-order valence-electron chi connectivity index (χ1n) is 6.05. The lowest BCUT2D eigenvalue weighted by atomic mass is 10.1. The van der Waals surface area contributed by atoms with Crippen molar-refractivity contribution in [2.75, 3.05) is 0 Å². The van der Waals surface area contributed by atoms with Gasteiger partial charge in [0.05, 0.1) is 5.56 Å². The number of nitrogens with zero attached hydrogens (tertiary/aromatic N) is 3. The number of alkyl halides is 3. The summed E-state index contributed by atoms with van der Waals surface area (Å²) in [6.45, 7) is 2.95. The molecule has 110 valence electrons. The third-order valence-corrected chi connectivity index (χ3v) is 2.63. The van der Waals surface area contributed by atoms with Crippen LogP contribution in [-0.2, 0) is 11.0 Å². The fourth-order valence-electron chi connectivity index (χ4n) is 1.74. The Labute approximate surface area is 118 Å². The van der Waals surface area contributed by atoms with Crippen LogP contribution in [0, 0.1) is 6.92 Å². The van der Waals surface area contributed by atoms with Gasteiger partial charge in [-0.25, -0.2) is 9.67 Å². The molecule has 1 aromatic heterocycles. The Hall–Kier alpha value is -2.44. The van der Waals surface area contributed by atoms with E-state index in [1.807, 2.05) is 0 Å². The smallest absolute Gasteiger partial charge is 0.295 e. The van der Waals surface area contributed by atoms with Crippen LogP contribution in [-0.4, -0.2) is 20.5 Å². The molecule has 0 N–H and O–H groups in total. The Morgan fingerprint density at radius 1 is 1.29 bits per heavy atom. The molecule has 7 heteroatoms. The molecule has 0 radical (unpaired) electrons. The van der Waals surface area contributed by atoms with Crippen LogP contribution in [0.1, 0.15) is 18.1 Å². The number of benzene rings is 1. The van der Waals surface area contributed by atoms with Gasteiger partial charge in [-0.1, -0.05) is 0 Å². The van der Waals surface area contributed by atoms with E-state index in [0.717, 1.165) is 12.1 Å². The van der Waals surface area contributed by atoms with Gasteiger partial charge in [0.1, 0.15) is 6.33 Å². The lowest BCUT2D eigenvalue weighted by Crippen LogP contribution is -2.05. The molecule has 0 aliphatic rings.